The van der Waals surface area contributed by atoms with Crippen LogP contribution in [0.1, 0.15) is 50.2 Å². The van der Waals surface area contributed by atoms with E-state index in [0.29, 0.717) is 18.6 Å². The molecule has 2 unspecified atom stereocenters. The lowest BCUT2D eigenvalue weighted by Crippen LogP contribution is -2.30. The summed E-state index contributed by atoms with van der Waals surface area (Å²) in [4.78, 5) is 0. The van der Waals surface area contributed by atoms with E-state index >= 15 is 0 Å². The van der Waals surface area contributed by atoms with Gasteiger partial charge in [0.1, 0.15) is 11.9 Å². The monoisotopic (exact) mass is 247 g/mol. The SMILES string of the molecule is CCC1CCCCC1Oc1ccc(C)cc1CN. The van der Waals surface area contributed by atoms with Gasteiger partial charge in [-0.3, -0.25) is 0 Å². The number of hydrogen-bond acceptors (Lipinski definition) is 2. The van der Waals surface area contributed by atoms with Crippen LogP contribution >= 0.6 is 0 Å². The quantitative estimate of drug-likeness (QED) is 0.878. The van der Waals surface area contributed by atoms with Crippen molar-refractivity contribution < 1.29 is 4.74 Å². The van der Waals surface area contributed by atoms with Crippen LogP contribution in [0.15, 0.2) is 18.2 Å². The van der Waals surface area contributed by atoms with Crippen molar-refractivity contribution in [1.29, 1.82) is 0 Å². The zero-order chi connectivity index (χ0) is 13.0. The molecule has 0 amide bonds. The Morgan fingerprint density at radius 2 is 2.06 bits per heavy atom. The van der Waals surface area contributed by atoms with Crippen LogP contribution in [0.5, 0.6) is 5.75 Å². The highest BCUT2D eigenvalue weighted by molar-refractivity contribution is 5.37. The van der Waals surface area contributed by atoms with Gasteiger partial charge in [0.15, 0.2) is 0 Å². The smallest absolute Gasteiger partial charge is 0.124 e. The molecule has 2 atom stereocenters. The summed E-state index contributed by atoms with van der Waals surface area (Å²) in [5.41, 5.74) is 8.20. The van der Waals surface area contributed by atoms with E-state index in [0.717, 1.165) is 11.3 Å². The van der Waals surface area contributed by atoms with Gasteiger partial charge in [0.25, 0.3) is 0 Å². The number of hydrogen-bond donors (Lipinski definition) is 1. The molecule has 1 aromatic carbocycles. The minimum atomic E-state index is 0.386. The molecule has 2 nitrogen and oxygen atoms in total. The molecule has 1 aromatic rings. The van der Waals surface area contributed by atoms with Crippen molar-refractivity contribution in [1.82, 2.24) is 0 Å². The fourth-order valence-electron chi connectivity index (χ4n) is 2.94. The van der Waals surface area contributed by atoms with Crippen LogP contribution in [0.2, 0.25) is 0 Å². The van der Waals surface area contributed by atoms with E-state index in [1.165, 1.54) is 37.7 Å². The van der Waals surface area contributed by atoms with Gasteiger partial charge in [-0.2, -0.15) is 0 Å². The lowest BCUT2D eigenvalue weighted by atomic mass is 9.84. The van der Waals surface area contributed by atoms with Crippen molar-refractivity contribution in [2.75, 3.05) is 0 Å². The van der Waals surface area contributed by atoms with E-state index in [-0.39, 0.29) is 0 Å². The average molecular weight is 247 g/mol. The molecule has 0 aromatic heterocycles. The number of nitrogens with two attached hydrogens (primary N) is 1. The Morgan fingerprint density at radius 1 is 1.28 bits per heavy atom. The molecule has 2 N–H and O–H groups in total. The summed E-state index contributed by atoms with van der Waals surface area (Å²) in [6, 6.07) is 6.33. The van der Waals surface area contributed by atoms with Gasteiger partial charge < -0.3 is 10.5 Å². The molecule has 0 aliphatic heterocycles. The molecule has 100 valence electrons. The average Bonchev–Trinajstić information content (AvgIpc) is 2.41. The molecule has 1 fully saturated rings. The topological polar surface area (TPSA) is 35.2 Å². The molecule has 0 saturated heterocycles. The Kier molecular flexibility index (Phi) is 4.65. The molecule has 2 heteroatoms. The van der Waals surface area contributed by atoms with Crippen molar-refractivity contribution in [2.24, 2.45) is 11.7 Å². The van der Waals surface area contributed by atoms with Crippen LogP contribution in [-0.2, 0) is 6.54 Å². The molecule has 18 heavy (non-hydrogen) atoms. The summed E-state index contributed by atoms with van der Waals surface area (Å²) < 4.78 is 6.26. The first-order chi connectivity index (χ1) is 8.74. The second-order valence-electron chi connectivity index (χ2n) is 5.42. The van der Waals surface area contributed by atoms with Gasteiger partial charge >= 0.3 is 0 Å². The first-order valence-electron chi connectivity index (χ1n) is 7.20. The molecular formula is C16H25NO. The van der Waals surface area contributed by atoms with E-state index in [1.54, 1.807) is 0 Å². The predicted molar refractivity (Wildman–Crippen MR) is 75.7 cm³/mol. The second-order valence-corrected chi connectivity index (χ2v) is 5.42. The van der Waals surface area contributed by atoms with Gasteiger partial charge in [-0.15, -0.1) is 0 Å². The largest absolute Gasteiger partial charge is 0.490 e. The number of rotatable bonds is 4. The zero-order valence-corrected chi connectivity index (χ0v) is 11.6. The number of aryl methyl sites for hydroxylation is 1. The van der Waals surface area contributed by atoms with Crippen LogP contribution in [0.4, 0.5) is 0 Å². The summed E-state index contributed by atoms with van der Waals surface area (Å²) in [6.45, 7) is 4.92. The molecule has 2 rings (SSSR count). The first-order valence-corrected chi connectivity index (χ1v) is 7.20. The molecule has 0 spiro atoms. The molecule has 1 aliphatic rings. The van der Waals surface area contributed by atoms with E-state index in [2.05, 4.69) is 32.0 Å². The highest BCUT2D eigenvalue weighted by Gasteiger charge is 2.25. The summed E-state index contributed by atoms with van der Waals surface area (Å²) in [5, 5.41) is 0. The van der Waals surface area contributed by atoms with Crippen LogP contribution in [0, 0.1) is 12.8 Å². The molecule has 0 radical (unpaired) electrons. The third kappa shape index (κ3) is 3.05. The van der Waals surface area contributed by atoms with Crippen LogP contribution in [0.3, 0.4) is 0 Å². The van der Waals surface area contributed by atoms with Crippen LogP contribution in [0.25, 0.3) is 0 Å². The van der Waals surface area contributed by atoms with Gasteiger partial charge in [0.05, 0.1) is 0 Å². The molecule has 1 saturated carbocycles. The fraction of sp³-hybridized carbons (Fsp3) is 0.625. The van der Waals surface area contributed by atoms with Gasteiger partial charge in [-0.1, -0.05) is 31.0 Å². The second kappa shape index (κ2) is 6.24. The number of benzene rings is 1. The zero-order valence-electron chi connectivity index (χ0n) is 11.6. The van der Waals surface area contributed by atoms with E-state index < -0.39 is 0 Å². The summed E-state index contributed by atoms with van der Waals surface area (Å²) >= 11 is 0. The highest BCUT2D eigenvalue weighted by Crippen LogP contribution is 2.31. The van der Waals surface area contributed by atoms with Crippen LogP contribution in [-0.4, -0.2) is 6.10 Å². The lowest BCUT2D eigenvalue weighted by Gasteiger charge is -2.31. The maximum absolute atomic E-state index is 6.26. The Labute approximate surface area is 111 Å². The number of ether oxygens (including phenoxy) is 1. The van der Waals surface area contributed by atoms with E-state index in [4.69, 9.17) is 10.5 Å². The first kappa shape index (κ1) is 13.4. The Hall–Kier alpha value is -1.02. The van der Waals surface area contributed by atoms with Crippen molar-refractivity contribution in [2.45, 2.75) is 58.6 Å². The van der Waals surface area contributed by atoms with E-state index in [9.17, 15) is 0 Å². The van der Waals surface area contributed by atoms with Gasteiger partial charge in [-0.25, -0.2) is 0 Å². The van der Waals surface area contributed by atoms with Gasteiger partial charge in [0, 0.05) is 12.1 Å². The Bertz CT molecular complexity index is 389. The van der Waals surface area contributed by atoms with E-state index in [1.807, 2.05) is 0 Å². The molecule has 0 bridgehead atoms. The third-order valence-corrected chi connectivity index (χ3v) is 4.08. The summed E-state index contributed by atoms with van der Waals surface area (Å²) in [5.74, 6) is 1.71. The summed E-state index contributed by atoms with van der Waals surface area (Å²) in [6.07, 6.45) is 6.76. The van der Waals surface area contributed by atoms with Crippen molar-refractivity contribution in [3.8, 4) is 5.75 Å². The molecular weight excluding hydrogens is 222 g/mol. The fourth-order valence-corrected chi connectivity index (χ4v) is 2.94. The maximum Gasteiger partial charge on any atom is 0.124 e. The maximum atomic E-state index is 6.26. The van der Waals surface area contributed by atoms with Crippen molar-refractivity contribution >= 4 is 0 Å². The Morgan fingerprint density at radius 3 is 2.78 bits per heavy atom. The predicted octanol–water partition coefficient (Wildman–Crippen LogP) is 3.80. The Balaban J connectivity index is 2.12. The minimum absolute atomic E-state index is 0.386. The molecule has 1 aliphatic carbocycles. The lowest BCUT2D eigenvalue weighted by molar-refractivity contribution is 0.0894. The molecule has 0 heterocycles. The normalized spacial score (nSPS) is 23.9. The van der Waals surface area contributed by atoms with Crippen molar-refractivity contribution in [3.05, 3.63) is 29.3 Å². The highest BCUT2D eigenvalue weighted by atomic mass is 16.5. The van der Waals surface area contributed by atoms with Gasteiger partial charge in [-0.05, 0) is 44.6 Å². The summed E-state index contributed by atoms with van der Waals surface area (Å²) in [7, 11) is 0. The standard InChI is InChI=1S/C16H25NO/c1-3-13-6-4-5-7-15(13)18-16-9-8-12(2)10-14(16)11-17/h8-10,13,15H,3-7,11,17H2,1-2H3. The third-order valence-electron chi connectivity index (χ3n) is 4.08. The minimum Gasteiger partial charge on any atom is -0.490 e. The van der Waals surface area contributed by atoms with Crippen molar-refractivity contribution in [3.63, 3.8) is 0 Å². The van der Waals surface area contributed by atoms with Crippen LogP contribution < -0.4 is 10.5 Å². The van der Waals surface area contributed by atoms with Gasteiger partial charge in [0.2, 0.25) is 0 Å².